The van der Waals surface area contributed by atoms with Crippen LogP contribution in [-0.4, -0.2) is 54.8 Å². The summed E-state index contributed by atoms with van der Waals surface area (Å²) in [5.74, 6) is 0.890. The highest BCUT2D eigenvalue weighted by molar-refractivity contribution is 5.49. The number of ether oxygens (including phenoxy) is 3. The van der Waals surface area contributed by atoms with Gasteiger partial charge in [-0.15, -0.1) is 0 Å². The lowest BCUT2D eigenvalue weighted by atomic mass is 9.70. The molecule has 2 fully saturated rings. The van der Waals surface area contributed by atoms with Crippen molar-refractivity contribution in [2.24, 2.45) is 0 Å². The van der Waals surface area contributed by atoms with Crippen molar-refractivity contribution in [3.05, 3.63) is 59.4 Å². The SMILES string of the molecule is CCOC1CC(c2cccnc2)OC2(CCN(C=O)CC2c2ccc(C(C)(C)C)c(OC)c2)C1. The van der Waals surface area contributed by atoms with Gasteiger partial charge in [-0.2, -0.15) is 0 Å². The number of methoxy groups -OCH3 is 1. The van der Waals surface area contributed by atoms with Gasteiger partial charge in [0, 0.05) is 50.8 Å². The van der Waals surface area contributed by atoms with Crippen LogP contribution in [0.3, 0.4) is 0 Å². The van der Waals surface area contributed by atoms with E-state index in [0.29, 0.717) is 19.7 Å². The van der Waals surface area contributed by atoms with Gasteiger partial charge in [0.25, 0.3) is 0 Å². The molecule has 1 spiro atoms. The van der Waals surface area contributed by atoms with Crippen LogP contribution in [0.4, 0.5) is 0 Å². The smallest absolute Gasteiger partial charge is 0.209 e. The zero-order valence-corrected chi connectivity index (χ0v) is 21.1. The predicted octanol–water partition coefficient (Wildman–Crippen LogP) is 5.03. The number of pyridine rings is 1. The second kappa shape index (κ2) is 10.0. The Morgan fingerprint density at radius 1 is 1.26 bits per heavy atom. The van der Waals surface area contributed by atoms with Crippen LogP contribution in [0.5, 0.6) is 5.75 Å². The van der Waals surface area contributed by atoms with Gasteiger partial charge in [0.2, 0.25) is 6.41 Å². The number of piperidine rings is 1. The molecule has 3 heterocycles. The topological polar surface area (TPSA) is 60.9 Å². The molecule has 0 saturated carbocycles. The zero-order valence-electron chi connectivity index (χ0n) is 21.1. The second-order valence-electron chi connectivity index (χ2n) is 10.6. The maximum absolute atomic E-state index is 11.8. The van der Waals surface area contributed by atoms with Crippen LogP contribution in [0.1, 0.15) is 75.7 Å². The summed E-state index contributed by atoms with van der Waals surface area (Å²) in [5, 5.41) is 0. The molecule has 4 atom stereocenters. The van der Waals surface area contributed by atoms with Crippen LogP contribution >= 0.6 is 0 Å². The summed E-state index contributed by atoms with van der Waals surface area (Å²) in [6.07, 6.45) is 7.00. The van der Waals surface area contributed by atoms with Crippen molar-refractivity contribution < 1.29 is 19.0 Å². The Morgan fingerprint density at radius 3 is 2.74 bits per heavy atom. The van der Waals surface area contributed by atoms with E-state index in [0.717, 1.165) is 42.5 Å². The van der Waals surface area contributed by atoms with Crippen LogP contribution in [-0.2, 0) is 19.7 Å². The minimum atomic E-state index is -0.438. The summed E-state index contributed by atoms with van der Waals surface area (Å²) >= 11 is 0. The van der Waals surface area contributed by atoms with Crippen LogP contribution in [0, 0.1) is 0 Å². The van der Waals surface area contributed by atoms with Crippen molar-refractivity contribution in [1.82, 2.24) is 9.88 Å². The number of likely N-dealkylation sites (tertiary alicyclic amines) is 1. The summed E-state index contributed by atoms with van der Waals surface area (Å²) in [4.78, 5) is 18.0. The molecule has 34 heavy (non-hydrogen) atoms. The van der Waals surface area contributed by atoms with Crippen molar-refractivity contribution in [1.29, 1.82) is 0 Å². The van der Waals surface area contributed by atoms with Crippen LogP contribution in [0.25, 0.3) is 0 Å². The Bertz CT molecular complexity index is 974. The van der Waals surface area contributed by atoms with E-state index in [1.807, 2.05) is 24.1 Å². The Hall–Kier alpha value is -2.44. The van der Waals surface area contributed by atoms with Gasteiger partial charge in [0.15, 0.2) is 0 Å². The monoisotopic (exact) mass is 466 g/mol. The lowest BCUT2D eigenvalue weighted by molar-refractivity contribution is -0.201. The molecular formula is C28H38N2O4. The minimum Gasteiger partial charge on any atom is -0.496 e. The van der Waals surface area contributed by atoms with E-state index in [9.17, 15) is 4.79 Å². The second-order valence-corrected chi connectivity index (χ2v) is 10.6. The highest BCUT2D eigenvalue weighted by atomic mass is 16.5. The molecule has 2 aliphatic rings. The van der Waals surface area contributed by atoms with Gasteiger partial charge >= 0.3 is 0 Å². The molecule has 0 bridgehead atoms. The normalized spacial score (nSPS) is 27.6. The van der Waals surface area contributed by atoms with Gasteiger partial charge in [-0.3, -0.25) is 9.78 Å². The highest BCUT2D eigenvalue weighted by Gasteiger charge is 2.51. The molecule has 0 aliphatic carbocycles. The van der Waals surface area contributed by atoms with Crippen molar-refractivity contribution in [2.75, 3.05) is 26.8 Å². The Kier molecular flexibility index (Phi) is 7.29. The number of benzene rings is 1. The highest BCUT2D eigenvalue weighted by Crippen LogP contribution is 2.50. The predicted molar refractivity (Wildman–Crippen MR) is 132 cm³/mol. The van der Waals surface area contributed by atoms with E-state index in [1.165, 1.54) is 5.56 Å². The van der Waals surface area contributed by atoms with E-state index in [-0.39, 0.29) is 23.5 Å². The Labute approximate surface area is 203 Å². The summed E-state index contributed by atoms with van der Waals surface area (Å²) in [7, 11) is 1.73. The van der Waals surface area contributed by atoms with Gasteiger partial charge in [0.1, 0.15) is 5.75 Å². The van der Waals surface area contributed by atoms with Gasteiger partial charge in [-0.1, -0.05) is 39.0 Å². The fourth-order valence-corrected chi connectivity index (χ4v) is 5.65. The van der Waals surface area contributed by atoms with Crippen molar-refractivity contribution in [3.63, 3.8) is 0 Å². The van der Waals surface area contributed by atoms with Gasteiger partial charge in [0.05, 0.1) is 24.9 Å². The molecule has 6 heteroatoms. The zero-order chi connectivity index (χ0) is 24.3. The quantitative estimate of drug-likeness (QED) is 0.559. The number of hydrogen-bond donors (Lipinski definition) is 0. The Morgan fingerprint density at radius 2 is 2.09 bits per heavy atom. The fourth-order valence-electron chi connectivity index (χ4n) is 5.65. The standard InChI is InChI=1S/C28H38N2O4/c1-6-33-22-15-25(21-8-7-12-29-17-21)34-28(16-22)11-13-30(19-31)18-24(28)20-9-10-23(27(2,3)4)26(14-20)32-5/h7-10,12,14,17,19,22,24-25H,6,11,13,15-16,18H2,1-5H3. The molecule has 1 aromatic carbocycles. The van der Waals surface area contributed by atoms with Crippen LogP contribution in [0.15, 0.2) is 42.7 Å². The third-order valence-corrected chi connectivity index (χ3v) is 7.35. The summed E-state index contributed by atoms with van der Waals surface area (Å²) in [5.41, 5.74) is 2.91. The molecule has 2 saturated heterocycles. The minimum absolute atomic E-state index is 0.0109. The molecule has 184 valence electrons. The first kappa shape index (κ1) is 24.7. The number of carbonyl (C=O) groups excluding carboxylic acids is 1. The molecule has 2 aliphatic heterocycles. The molecule has 1 amide bonds. The van der Waals surface area contributed by atoms with Crippen LogP contribution in [0.2, 0.25) is 0 Å². The molecule has 0 radical (unpaired) electrons. The van der Waals surface area contributed by atoms with E-state index in [4.69, 9.17) is 14.2 Å². The number of nitrogens with zero attached hydrogens (tertiary/aromatic N) is 2. The number of rotatable bonds is 6. The third-order valence-electron chi connectivity index (χ3n) is 7.35. The summed E-state index contributed by atoms with van der Waals surface area (Å²) < 4.78 is 19.0. The average molecular weight is 467 g/mol. The van der Waals surface area contributed by atoms with Gasteiger partial charge < -0.3 is 19.1 Å². The van der Waals surface area contributed by atoms with Crippen molar-refractivity contribution in [2.45, 2.75) is 76.1 Å². The number of amides is 1. The largest absolute Gasteiger partial charge is 0.496 e. The maximum Gasteiger partial charge on any atom is 0.209 e. The lowest BCUT2D eigenvalue weighted by Crippen LogP contribution is -2.56. The van der Waals surface area contributed by atoms with E-state index >= 15 is 0 Å². The number of aromatic nitrogens is 1. The number of hydrogen-bond acceptors (Lipinski definition) is 5. The summed E-state index contributed by atoms with van der Waals surface area (Å²) in [6, 6.07) is 10.5. The van der Waals surface area contributed by atoms with Crippen molar-refractivity contribution >= 4 is 6.41 Å². The molecular weight excluding hydrogens is 428 g/mol. The molecule has 1 aromatic heterocycles. The number of carbonyl (C=O) groups is 1. The molecule has 6 nitrogen and oxygen atoms in total. The lowest BCUT2D eigenvalue weighted by Gasteiger charge is -2.53. The Balaban J connectivity index is 1.76. The first-order chi connectivity index (χ1) is 16.3. The van der Waals surface area contributed by atoms with E-state index in [1.54, 1.807) is 13.3 Å². The first-order valence-electron chi connectivity index (χ1n) is 12.4. The maximum atomic E-state index is 11.8. The third kappa shape index (κ3) is 4.98. The molecule has 4 unspecified atom stereocenters. The average Bonchev–Trinajstić information content (AvgIpc) is 2.84. The fraction of sp³-hybridized carbons (Fsp3) is 0.571. The van der Waals surface area contributed by atoms with E-state index in [2.05, 4.69) is 50.0 Å². The van der Waals surface area contributed by atoms with Crippen molar-refractivity contribution in [3.8, 4) is 5.75 Å². The molecule has 0 N–H and O–H groups in total. The van der Waals surface area contributed by atoms with Gasteiger partial charge in [-0.25, -0.2) is 0 Å². The first-order valence-corrected chi connectivity index (χ1v) is 12.4. The van der Waals surface area contributed by atoms with Gasteiger partial charge in [-0.05, 0) is 47.6 Å². The molecule has 2 aromatic rings. The van der Waals surface area contributed by atoms with Crippen LogP contribution < -0.4 is 4.74 Å². The molecule has 4 rings (SSSR count). The summed E-state index contributed by atoms with van der Waals surface area (Å²) in [6.45, 7) is 10.6. The van der Waals surface area contributed by atoms with E-state index < -0.39 is 5.60 Å².